The molecular weight excluding hydrogens is 454 g/mol. The van der Waals surface area contributed by atoms with E-state index in [2.05, 4.69) is 15.9 Å². The Labute approximate surface area is 144 Å². The molecule has 1 N–H and O–H groups in total. The lowest BCUT2D eigenvalue weighted by Gasteiger charge is -2.19. The molecule has 2 rings (SSSR count). The van der Waals surface area contributed by atoms with Crippen molar-refractivity contribution in [3.63, 3.8) is 0 Å². The molecule has 0 aliphatic carbocycles. The summed E-state index contributed by atoms with van der Waals surface area (Å²) in [5.74, 6) is 0.761. The molecule has 0 aromatic heterocycles. The minimum atomic E-state index is -0.922. The fourth-order valence-electron chi connectivity index (χ4n) is 2.02. The van der Waals surface area contributed by atoms with E-state index in [1.54, 1.807) is 25.3 Å². The van der Waals surface area contributed by atoms with Crippen LogP contribution < -0.4 is 9.47 Å². The summed E-state index contributed by atoms with van der Waals surface area (Å²) in [5, 5.41) is 10.6. The van der Waals surface area contributed by atoms with Gasteiger partial charge in [0.15, 0.2) is 0 Å². The number of ether oxygens (including phenoxy) is 2. The smallest absolute Gasteiger partial charge is 0.142 e. The third-order valence-corrected chi connectivity index (χ3v) is 4.75. The van der Waals surface area contributed by atoms with Crippen molar-refractivity contribution in [3.8, 4) is 11.5 Å². The molecule has 6 heteroatoms. The molecule has 1 atom stereocenters. The van der Waals surface area contributed by atoms with Gasteiger partial charge in [-0.3, -0.25) is 0 Å². The van der Waals surface area contributed by atoms with Gasteiger partial charge in [-0.15, -0.1) is 0 Å². The summed E-state index contributed by atoms with van der Waals surface area (Å²) in [6.07, 6.45) is -0.922. The van der Waals surface area contributed by atoms with Crippen LogP contribution >= 0.6 is 38.5 Å². The van der Waals surface area contributed by atoms with Crippen molar-refractivity contribution in [3.05, 3.63) is 55.3 Å². The first-order valence-corrected chi connectivity index (χ1v) is 7.90. The first-order chi connectivity index (χ1) is 9.99. The summed E-state index contributed by atoms with van der Waals surface area (Å²) in [6.45, 7) is 0. The molecule has 0 aliphatic heterocycles. The van der Waals surface area contributed by atoms with Crippen LogP contribution in [-0.2, 0) is 0 Å². The highest BCUT2D eigenvalue weighted by atomic mass is 127. The standard InChI is InChI=1S/C15H13BrFIO3/c1-20-12-6-5-10(15(21-2)13(12)16)14(19)9-4-3-8(17)7-11(9)18/h3-7,14,19H,1-2H3. The van der Waals surface area contributed by atoms with E-state index in [1.807, 2.05) is 22.6 Å². The molecule has 0 radical (unpaired) electrons. The molecule has 0 fully saturated rings. The fourth-order valence-corrected chi connectivity index (χ4v) is 3.48. The third-order valence-electron chi connectivity index (χ3n) is 3.07. The van der Waals surface area contributed by atoms with Crippen LogP contribution in [0.2, 0.25) is 0 Å². The van der Waals surface area contributed by atoms with Crippen LogP contribution in [0.15, 0.2) is 34.8 Å². The van der Waals surface area contributed by atoms with Crippen LogP contribution in [0.1, 0.15) is 17.2 Å². The SMILES string of the molecule is COc1ccc(C(O)c2ccc(F)cc2I)c(OC)c1Br. The van der Waals surface area contributed by atoms with Gasteiger partial charge < -0.3 is 14.6 Å². The molecule has 2 aromatic rings. The second-order valence-electron chi connectivity index (χ2n) is 4.27. The Morgan fingerprint density at radius 1 is 1.14 bits per heavy atom. The Morgan fingerprint density at radius 2 is 1.81 bits per heavy atom. The van der Waals surface area contributed by atoms with Gasteiger partial charge in [-0.05, 0) is 68.3 Å². The molecule has 2 aromatic carbocycles. The summed E-state index contributed by atoms with van der Waals surface area (Å²) in [6, 6.07) is 7.74. The van der Waals surface area contributed by atoms with Crippen molar-refractivity contribution in [2.24, 2.45) is 0 Å². The van der Waals surface area contributed by atoms with E-state index in [-0.39, 0.29) is 5.82 Å². The number of aliphatic hydroxyl groups is 1. The topological polar surface area (TPSA) is 38.7 Å². The van der Waals surface area contributed by atoms with Gasteiger partial charge >= 0.3 is 0 Å². The van der Waals surface area contributed by atoms with Gasteiger partial charge in [0, 0.05) is 9.13 Å². The maximum absolute atomic E-state index is 13.2. The van der Waals surface area contributed by atoms with E-state index in [1.165, 1.54) is 19.2 Å². The van der Waals surface area contributed by atoms with Gasteiger partial charge in [-0.25, -0.2) is 4.39 Å². The highest BCUT2D eigenvalue weighted by Gasteiger charge is 2.21. The highest BCUT2D eigenvalue weighted by Crippen LogP contribution is 2.41. The average molecular weight is 467 g/mol. The Balaban J connectivity index is 2.52. The minimum absolute atomic E-state index is 0.335. The Kier molecular flexibility index (Phi) is 5.45. The maximum atomic E-state index is 13.2. The molecule has 0 saturated carbocycles. The van der Waals surface area contributed by atoms with E-state index in [9.17, 15) is 9.50 Å². The van der Waals surface area contributed by atoms with Crippen molar-refractivity contribution >= 4 is 38.5 Å². The Hall–Kier alpha value is -0.860. The van der Waals surface area contributed by atoms with Gasteiger partial charge in [-0.1, -0.05) is 6.07 Å². The Morgan fingerprint density at radius 3 is 2.38 bits per heavy atom. The normalized spacial score (nSPS) is 12.1. The molecule has 0 heterocycles. The average Bonchev–Trinajstić information content (AvgIpc) is 2.46. The quantitative estimate of drug-likeness (QED) is 0.683. The number of rotatable bonds is 4. The van der Waals surface area contributed by atoms with Gasteiger partial charge in [0.25, 0.3) is 0 Å². The maximum Gasteiger partial charge on any atom is 0.142 e. The zero-order valence-electron chi connectivity index (χ0n) is 11.4. The second-order valence-corrected chi connectivity index (χ2v) is 6.23. The van der Waals surface area contributed by atoms with Gasteiger partial charge in [0.2, 0.25) is 0 Å². The van der Waals surface area contributed by atoms with Crippen LogP contribution in [-0.4, -0.2) is 19.3 Å². The zero-order chi connectivity index (χ0) is 15.6. The number of hydrogen-bond donors (Lipinski definition) is 1. The molecule has 0 aliphatic rings. The number of methoxy groups -OCH3 is 2. The molecule has 0 amide bonds. The van der Waals surface area contributed by atoms with E-state index >= 15 is 0 Å². The number of aliphatic hydroxyl groups excluding tert-OH is 1. The fraction of sp³-hybridized carbons (Fsp3) is 0.200. The van der Waals surface area contributed by atoms with Crippen molar-refractivity contribution in [2.75, 3.05) is 14.2 Å². The highest BCUT2D eigenvalue weighted by molar-refractivity contribution is 14.1. The monoisotopic (exact) mass is 466 g/mol. The molecule has 112 valence electrons. The molecular formula is C15H13BrFIO3. The van der Waals surface area contributed by atoms with E-state index in [4.69, 9.17) is 9.47 Å². The molecule has 0 bridgehead atoms. The molecule has 1 unspecified atom stereocenters. The Bertz CT molecular complexity index is 664. The van der Waals surface area contributed by atoms with Crippen molar-refractivity contribution in [1.29, 1.82) is 0 Å². The lowest BCUT2D eigenvalue weighted by atomic mass is 10.0. The lowest BCUT2D eigenvalue weighted by Crippen LogP contribution is -2.05. The van der Waals surface area contributed by atoms with Crippen molar-refractivity contribution < 1.29 is 19.0 Å². The molecule has 21 heavy (non-hydrogen) atoms. The zero-order valence-corrected chi connectivity index (χ0v) is 15.1. The largest absolute Gasteiger partial charge is 0.495 e. The van der Waals surface area contributed by atoms with Gasteiger partial charge in [0.1, 0.15) is 27.9 Å². The van der Waals surface area contributed by atoms with Crippen molar-refractivity contribution in [2.45, 2.75) is 6.10 Å². The predicted molar refractivity (Wildman–Crippen MR) is 90.4 cm³/mol. The first kappa shape index (κ1) is 16.5. The summed E-state index contributed by atoms with van der Waals surface area (Å²) < 4.78 is 25.0. The number of hydrogen-bond acceptors (Lipinski definition) is 3. The summed E-state index contributed by atoms with van der Waals surface area (Å²) >= 11 is 5.40. The number of benzene rings is 2. The van der Waals surface area contributed by atoms with E-state index in [0.29, 0.717) is 30.7 Å². The number of halogens is 3. The van der Waals surface area contributed by atoms with Crippen LogP contribution in [0.4, 0.5) is 4.39 Å². The van der Waals surface area contributed by atoms with Gasteiger partial charge in [-0.2, -0.15) is 0 Å². The summed E-state index contributed by atoms with van der Waals surface area (Å²) in [5.41, 5.74) is 1.20. The summed E-state index contributed by atoms with van der Waals surface area (Å²) in [4.78, 5) is 0. The van der Waals surface area contributed by atoms with E-state index < -0.39 is 6.10 Å². The summed E-state index contributed by atoms with van der Waals surface area (Å²) in [7, 11) is 3.07. The van der Waals surface area contributed by atoms with Crippen LogP contribution in [0.25, 0.3) is 0 Å². The van der Waals surface area contributed by atoms with Crippen LogP contribution in [0.3, 0.4) is 0 Å². The van der Waals surface area contributed by atoms with Gasteiger partial charge in [0.05, 0.1) is 14.2 Å². The van der Waals surface area contributed by atoms with Crippen molar-refractivity contribution in [1.82, 2.24) is 0 Å². The second kappa shape index (κ2) is 6.93. The molecule has 0 saturated heterocycles. The third kappa shape index (κ3) is 3.32. The van der Waals surface area contributed by atoms with Crippen LogP contribution in [0.5, 0.6) is 11.5 Å². The van der Waals surface area contributed by atoms with E-state index in [0.717, 1.165) is 0 Å². The minimum Gasteiger partial charge on any atom is -0.495 e. The molecule has 0 spiro atoms. The predicted octanol–water partition coefficient (Wildman–Crippen LogP) is 4.29. The van der Waals surface area contributed by atoms with Crippen LogP contribution in [0, 0.1) is 9.39 Å². The first-order valence-electron chi connectivity index (χ1n) is 6.03. The molecule has 3 nitrogen and oxygen atoms in total. The lowest BCUT2D eigenvalue weighted by molar-refractivity contribution is 0.213.